The molecule has 2 atom stereocenters. The minimum Gasteiger partial charge on any atom is -0.298 e. The Labute approximate surface area is 123 Å². The Bertz CT molecular complexity index is 619. The fraction of sp³-hybridized carbons (Fsp3) is 0.462. The van der Waals surface area contributed by atoms with Crippen molar-refractivity contribution >= 4 is 33.0 Å². The molecule has 1 heterocycles. The quantitative estimate of drug-likeness (QED) is 0.617. The number of carbonyl (C=O) groups is 2. The first-order chi connectivity index (χ1) is 9.26. The maximum atomic E-state index is 12.5. The third-order valence-electron chi connectivity index (χ3n) is 2.84. The molecule has 1 amide bonds. The summed E-state index contributed by atoms with van der Waals surface area (Å²) in [6, 6.07) is 3.61. The molecule has 2 unspecified atom stereocenters. The van der Waals surface area contributed by atoms with E-state index in [0.717, 1.165) is 11.3 Å². The zero-order valence-electron chi connectivity index (χ0n) is 11.6. The molecule has 0 spiro atoms. The van der Waals surface area contributed by atoms with Gasteiger partial charge in [-0.25, -0.2) is 4.21 Å². The van der Waals surface area contributed by atoms with Crippen molar-refractivity contribution in [2.75, 3.05) is 12.1 Å². The van der Waals surface area contributed by atoms with E-state index >= 15 is 0 Å². The highest BCUT2D eigenvalue weighted by molar-refractivity contribution is 7.93. The first-order valence-corrected chi connectivity index (χ1v) is 8.52. The van der Waals surface area contributed by atoms with Gasteiger partial charge in [-0.3, -0.25) is 14.6 Å². The molecule has 0 saturated carbocycles. The summed E-state index contributed by atoms with van der Waals surface area (Å²) in [5.74, 6) is -1.38. The summed E-state index contributed by atoms with van der Waals surface area (Å²) in [6.45, 7) is 3.57. The van der Waals surface area contributed by atoms with E-state index in [0.29, 0.717) is 0 Å². The maximum absolute atomic E-state index is 12.5. The standard InChI is InChI=1S/C13H17ClN2O3S/c1-9-4-5-11(8-15-9)10(2)20(3,19)16-13(18)6-12(17)7-14/h4-5,8,10H,6-7H2,1-3H3. The van der Waals surface area contributed by atoms with Gasteiger partial charge < -0.3 is 0 Å². The number of nitrogens with zero attached hydrogens (tertiary/aromatic N) is 2. The van der Waals surface area contributed by atoms with Crippen LogP contribution in [0.1, 0.15) is 29.9 Å². The van der Waals surface area contributed by atoms with Crippen LogP contribution in [0, 0.1) is 6.92 Å². The van der Waals surface area contributed by atoms with Crippen molar-refractivity contribution in [3.05, 3.63) is 29.6 Å². The third kappa shape index (κ3) is 4.68. The molecule has 0 saturated heterocycles. The fourth-order valence-corrected chi connectivity index (χ4v) is 2.87. The summed E-state index contributed by atoms with van der Waals surface area (Å²) in [5, 5.41) is -0.453. The lowest BCUT2D eigenvalue weighted by Crippen LogP contribution is -2.13. The average Bonchev–Trinajstić information content (AvgIpc) is 2.37. The summed E-state index contributed by atoms with van der Waals surface area (Å²) in [5.41, 5.74) is 1.59. The Balaban J connectivity index is 2.97. The Hall–Kier alpha value is -1.27. The smallest absolute Gasteiger partial charge is 0.261 e. The van der Waals surface area contributed by atoms with Crippen LogP contribution in [0.15, 0.2) is 22.7 Å². The minimum atomic E-state index is -2.79. The number of alkyl halides is 1. The summed E-state index contributed by atoms with van der Waals surface area (Å²) < 4.78 is 16.2. The van der Waals surface area contributed by atoms with Crippen LogP contribution < -0.4 is 0 Å². The van der Waals surface area contributed by atoms with Gasteiger partial charge in [0, 0.05) is 18.1 Å². The van der Waals surface area contributed by atoms with E-state index in [1.54, 1.807) is 25.3 Å². The SMILES string of the molecule is Cc1ccc(C(C)S(C)(=O)=NC(=O)CC(=O)CCl)cn1. The first kappa shape index (κ1) is 16.8. The second-order valence-electron chi connectivity index (χ2n) is 4.57. The third-order valence-corrected chi connectivity index (χ3v) is 5.29. The van der Waals surface area contributed by atoms with Gasteiger partial charge in [-0.1, -0.05) is 6.07 Å². The number of hydrogen-bond donors (Lipinski definition) is 0. The molecule has 1 aromatic rings. The number of halogens is 1. The lowest BCUT2D eigenvalue weighted by atomic mass is 10.2. The monoisotopic (exact) mass is 316 g/mol. The number of ketones is 1. The van der Waals surface area contributed by atoms with E-state index < -0.39 is 33.1 Å². The molecule has 0 N–H and O–H groups in total. The molecule has 0 fully saturated rings. The molecule has 110 valence electrons. The largest absolute Gasteiger partial charge is 0.298 e. The summed E-state index contributed by atoms with van der Waals surface area (Å²) in [7, 11) is -2.79. The Morgan fingerprint density at radius 3 is 2.60 bits per heavy atom. The van der Waals surface area contributed by atoms with Crippen molar-refractivity contribution < 1.29 is 13.8 Å². The zero-order valence-corrected chi connectivity index (χ0v) is 13.2. The summed E-state index contributed by atoms with van der Waals surface area (Å²) >= 11 is 5.32. The normalized spacial score (nSPS) is 15.2. The lowest BCUT2D eigenvalue weighted by molar-refractivity contribution is -0.124. The molecular formula is C13H17ClN2O3S. The molecule has 0 radical (unpaired) electrons. The Kier molecular flexibility index (Phi) is 5.83. The van der Waals surface area contributed by atoms with Gasteiger partial charge in [0.25, 0.3) is 5.91 Å². The van der Waals surface area contributed by atoms with Crippen LogP contribution in [0.3, 0.4) is 0 Å². The van der Waals surface area contributed by atoms with Crippen molar-refractivity contribution in [3.63, 3.8) is 0 Å². The predicted molar refractivity (Wildman–Crippen MR) is 79.2 cm³/mol. The van der Waals surface area contributed by atoms with E-state index in [4.69, 9.17) is 11.6 Å². The van der Waals surface area contributed by atoms with Crippen LogP contribution in [-0.2, 0) is 19.3 Å². The van der Waals surface area contributed by atoms with Crippen molar-refractivity contribution in [2.45, 2.75) is 25.5 Å². The topological polar surface area (TPSA) is 76.5 Å². The van der Waals surface area contributed by atoms with Crippen LogP contribution in [0.5, 0.6) is 0 Å². The molecule has 0 bridgehead atoms. The molecule has 0 aliphatic carbocycles. The number of pyridine rings is 1. The van der Waals surface area contributed by atoms with Gasteiger partial charge in [0.15, 0.2) is 5.78 Å². The van der Waals surface area contributed by atoms with Crippen molar-refractivity contribution in [1.82, 2.24) is 4.98 Å². The van der Waals surface area contributed by atoms with Gasteiger partial charge in [0.1, 0.15) is 0 Å². The van der Waals surface area contributed by atoms with Gasteiger partial charge >= 0.3 is 0 Å². The van der Waals surface area contributed by atoms with E-state index in [2.05, 4.69) is 9.35 Å². The summed E-state index contributed by atoms with van der Waals surface area (Å²) in [6.07, 6.45) is 2.61. The van der Waals surface area contributed by atoms with Gasteiger partial charge in [0.2, 0.25) is 0 Å². The van der Waals surface area contributed by atoms with Crippen molar-refractivity contribution in [1.29, 1.82) is 0 Å². The molecule has 1 rings (SSSR count). The molecule has 20 heavy (non-hydrogen) atoms. The maximum Gasteiger partial charge on any atom is 0.261 e. The van der Waals surface area contributed by atoms with Crippen LogP contribution in [0.4, 0.5) is 0 Å². The molecule has 0 aliphatic rings. The van der Waals surface area contributed by atoms with Crippen LogP contribution in [0.2, 0.25) is 0 Å². The Morgan fingerprint density at radius 1 is 1.45 bits per heavy atom. The van der Waals surface area contributed by atoms with Gasteiger partial charge in [-0.05, 0) is 25.5 Å². The van der Waals surface area contributed by atoms with E-state index in [9.17, 15) is 13.8 Å². The minimum absolute atomic E-state index is 0.246. The number of aromatic nitrogens is 1. The molecule has 1 aromatic heterocycles. The number of Topliss-reactive ketones (excluding diaryl/α,β-unsaturated/α-hetero) is 1. The number of rotatable bonds is 5. The lowest BCUT2D eigenvalue weighted by Gasteiger charge is -2.13. The van der Waals surface area contributed by atoms with Crippen molar-refractivity contribution in [3.8, 4) is 0 Å². The fourth-order valence-electron chi connectivity index (χ4n) is 1.50. The predicted octanol–water partition coefficient (Wildman–Crippen LogP) is 2.27. The van der Waals surface area contributed by atoms with Gasteiger partial charge in [0.05, 0.1) is 27.3 Å². The molecule has 7 heteroatoms. The summed E-state index contributed by atoms with van der Waals surface area (Å²) in [4.78, 5) is 26.8. The second kappa shape index (κ2) is 6.95. The van der Waals surface area contributed by atoms with Crippen LogP contribution >= 0.6 is 11.6 Å². The second-order valence-corrected chi connectivity index (χ2v) is 7.45. The van der Waals surface area contributed by atoms with Crippen LogP contribution in [-0.4, -0.2) is 33.0 Å². The average molecular weight is 317 g/mol. The molecule has 0 aliphatic heterocycles. The number of carbonyl (C=O) groups excluding carboxylic acids is 2. The Morgan fingerprint density at radius 2 is 2.10 bits per heavy atom. The van der Waals surface area contributed by atoms with E-state index in [1.807, 2.05) is 6.92 Å². The van der Waals surface area contributed by atoms with Crippen molar-refractivity contribution in [2.24, 2.45) is 4.36 Å². The number of amides is 1. The van der Waals surface area contributed by atoms with Gasteiger partial charge in [-0.15, -0.1) is 11.6 Å². The highest BCUT2D eigenvalue weighted by Crippen LogP contribution is 2.22. The van der Waals surface area contributed by atoms with E-state index in [-0.39, 0.29) is 5.88 Å². The van der Waals surface area contributed by atoms with Gasteiger partial charge in [-0.2, -0.15) is 4.36 Å². The number of aryl methyl sites for hydroxylation is 1. The van der Waals surface area contributed by atoms with E-state index in [1.165, 1.54) is 6.26 Å². The first-order valence-electron chi connectivity index (χ1n) is 6.00. The highest BCUT2D eigenvalue weighted by Gasteiger charge is 2.19. The zero-order chi connectivity index (χ0) is 15.3. The number of hydrogen-bond acceptors (Lipinski definition) is 4. The molecular weight excluding hydrogens is 300 g/mol. The molecule has 0 aromatic carbocycles. The van der Waals surface area contributed by atoms with Crippen LogP contribution in [0.25, 0.3) is 0 Å². The highest BCUT2D eigenvalue weighted by atomic mass is 35.5. The molecule has 5 nitrogen and oxygen atoms in total.